The minimum atomic E-state index is -0.174. The SMILES string of the molecule is COCCNC(=O)/C=C/c1cnc2ccccc2n1. The van der Waals surface area contributed by atoms with Gasteiger partial charge < -0.3 is 10.1 Å². The number of rotatable bonds is 5. The Kier molecular flexibility index (Phi) is 4.58. The first-order chi connectivity index (χ1) is 9.29. The number of nitrogens with one attached hydrogen (secondary N) is 1. The molecule has 0 aliphatic heterocycles. The molecule has 1 amide bonds. The van der Waals surface area contributed by atoms with E-state index in [-0.39, 0.29) is 5.91 Å². The van der Waals surface area contributed by atoms with Gasteiger partial charge in [-0.1, -0.05) is 12.1 Å². The quantitative estimate of drug-likeness (QED) is 0.649. The molecule has 0 aliphatic rings. The van der Waals surface area contributed by atoms with E-state index in [9.17, 15) is 4.79 Å². The molecule has 98 valence electrons. The molecule has 5 heteroatoms. The summed E-state index contributed by atoms with van der Waals surface area (Å²) < 4.78 is 4.84. The van der Waals surface area contributed by atoms with Crippen molar-refractivity contribution in [2.45, 2.75) is 0 Å². The summed E-state index contributed by atoms with van der Waals surface area (Å²) in [5.41, 5.74) is 2.30. The van der Waals surface area contributed by atoms with Gasteiger partial charge in [-0.2, -0.15) is 0 Å². The first kappa shape index (κ1) is 13.2. The van der Waals surface area contributed by atoms with Crippen LogP contribution in [0.1, 0.15) is 5.69 Å². The third-order valence-electron chi connectivity index (χ3n) is 2.48. The molecule has 19 heavy (non-hydrogen) atoms. The van der Waals surface area contributed by atoms with Crippen molar-refractivity contribution >= 4 is 23.0 Å². The Hall–Kier alpha value is -2.27. The first-order valence-corrected chi connectivity index (χ1v) is 5.96. The zero-order chi connectivity index (χ0) is 13.5. The number of amides is 1. The van der Waals surface area contributed by atoms with Gasteiger partial charge in [-0.25, -0.2) is 4.98 Å². The van der Waals surface area contributed by atoms with Gasteiger partial charge in [0.1, 0.15) is 0 Å². The number of nitrogens with zero attached hydrogens (tertiary/aromatic N) is 2. The maximum absolute atomic E-state index is 11.5. The largest absolute Gasteiger partial charge is 0.383 e. The third-order valence-corrected chi connectivity index (χ3v) is 2.48. The van der Waals surface area contributed by atoms with Crippen LogP contribution < -0.4 is 5.32 Å². The fourth-order valence-electron chi connectivity index (χ4n) is 1.55. The fraction of sp³-hybridized carbons (Fsp3) is 0.214. The van der Waals surface area contributed by atoms with Crippen LogP contribution in [-0.2, 0) is 9.53 Å². The monoisotopic (exact) mass is 257 g/mol. The van der Waals surface area contributed by atoms with Gasteiger partial charge >= 0.3 is 0 Å². The number of hydrogen-bond donors (Lipinski definition) is 1. The van der Waals surface area contributed by atoms with Gasteiger partial charge in [-0.05, 0) is 18.2 Å². The molecule has 0 unspecified atom stereocenters. The fourth-order valence-corrected chi connectivity index (χ4v) is 1.55. The van der Waals surface area contributed by atoms with E-state index >= 15 is 0 Å². The lowest BCUT2D eigenvalue weighted by Crippen LogP contribution is -2.24. The summed E-state index contributed by atoms with van der Waals surface area (Å²) in [4.78, 5) is 20.1. The molecule has 0 aliphatic carbocycles. The van der Waals surface area contributed by atoms with Crippen molar-refractivity contribution in [2.75, 3.05) is 20.3 Å². The molecule has 1 heterocycles. The molecule has 0 spiro atoms. The second-order valence-electron chi connectivity index (χ2n) is 3.90. The van der Waals surface area contributed by atoms with Crippen molar-refractivity contribution in [1.82, 2.24) is 15.3 Å². The maximum Gasteiger partial charge on any atom is 0.244 e. The van der Waals surface area contributed by atoms with Gasteiger partial charge in [0, 0.05) is 19.7 Å². The van der Waals surface area contributed by atoms with Crippen molar-refractivity contribution in [3.63, 3.8) is 0 Å². The van der Waals surface area contributed by atoms with Crippen LogP contribution in [0.5, 0.6) is 0 Å². The average molecular weight is 257 g/mol. The summed E-state index contributed by atoms with van der Waals surface area (Å²) in [6.45, 7) is 0.985. The van der Waals surface area contributed by atoms with Crippen LogP contribution in [0, 0.1) is 0 Å². The smallest absolute Gasteiger partial charge is 0.244 e. The Bertz CT molecular complexity index is 596. The molecular formula is C14H15N3O2. The Morgan fingerprint density at radius 1 is 1.37 bits per heavy atom. The van der Waals surface area contributed by atoms with E-state index in [4.69, 9.17) is 4.74 Å². The van der Waals surface area contributed by atoms with Gasteiger partial charge in [0.2, 0.25) is 5.91 Å². The van der Waals surface area contributed by atoms with Gasteiger partial charge in [-0.3, -0.25) is 9.78 Å². The molecule has 1 aromatic heterocycles. The number of para-hydroxylation sites is 2. The topological polar surface area (TPSA) is 64.1 Å². The molecule has 0 atom stereocenters. The summed E-state index contributed by atoms with van der Waals surface area (Å²) in [7, 11) is 1.59. The zero-order valence-electron chi connectivity index (χ0n) is 10.7. The minimum Gasteiger partial charge on any atom is -0.383 e. The molecule has 0 saturated carbocycles. The summed E-state index contributed by atoms with van der Waals surface area (Å²) in [5.74, 6) is -0.174. The molecule has 0 bridgehead atoms. The van der Waals surface area contributed by atoms with Gasteiger partial charge in [0.05, 0.1) is 29.5 Å². The molecule has 0 saturated heterocycles. The zero-order valence-corrected chi connectivity index (χ0v) is 10.7. The first-order valence-electron chi connectivity index (χ1n) is 5.96. The second-order valence-corrected chi connectivity index (χ2v) is 3.90. The molecule has 5 nitrogen and oxygen atoms in total. The van der Waals surface area contributed by atoms with Crippen molar-refractivity contribution in [3.8, 4) is 0 Å². The van der Waals surface area contributed by atoms with Crippen LogP contribution in [0.15, 0.2) is 36.5 Å². The van der Waals surface area contributed by atoms with Crippen LogP contribution in [0.2, 0.25) is 0 Å². The highest BCUT2D eigenvalue weighted by Gasteiger charge is 1.97. The molecule has 1 N–H and O–H groups in total. The normalized spacial score (nSPS) is 11.0. The van der Waals surface area contributed by atoms with Crippen LogP contribution in [0.4, 0.5) is 0 Å². The number of benzene rings is 1. The second kappa shape index (κ2) is 6.61. The van der Waals surface area contributed by atoms with E-state index < -0.39 is 0 Å². The Morgan fingerprint density at radius 3 is 2.95 bits per heavy atom. The number of carbonyl (C=O) groups excluding carboxylic acids is 1. The van der Waals surface area contributed by atoms with Gasteiger partial charge in [-0.15, -0.1) is 0 Å². The van der Waals surface area contributed by atoms with E-state index in [2.05, 4.69) is 15.3 Å². The average Bonchev–Trinajstić information content (AvgIpc) is 2.45. The maximum atomic E-state index is 11.5. The predicted molar refractivity (Wildman–Crippen MR) is 73.5 cm³/mol. The summed E-state index contributed by atoms with van der Waals surface area (Å²) in [5, 5.41) is 2.69. The Morgan fingerprint density at radius 2 is 2.16 bits per heavy atom. The highest BCUT2D eigenvalue weighted by Crippen LogP contribution is 2.08. The van der Waals surface area contributed by atoms with Crippen LogP contribution in [0.25, 0.3) is 17.1 Å². The predicted octanol–water partition coefficient (Wildman–Crippen LogP) is 1.41. The van der Waals surface area contributed by atoms with Crippen LogP contribution in [0.3, 0.4) is 0 Å². The van der Waals surface area contributed by atoms with E-state index in [0.717, 1.165) is 11.0 Å². The number of methoxy groups -OCH3 is 1. The summed E-state index contributed by atoms with van der Waals surface area (Å²) in [6.07, 6.45) is 4.72. The van der Waals surface area contributed by atoms with E-state index in [1.807, 2.05) is 24.3 Å². The minimum absolute atomic E-state index is 0.174. The lowest BCUT2D eigenvalue weighted by Gasteiger charge is -2.00. The molecule has 1 aromatic carbocycles. The highest BCUT2D eigenvalue weighted by molar-refractivity contribution is 5.91. The molecule has 0 radical (unpaired) electrons. The standard InChI is InChI=1S/C14H15N3O2/c1-19-9-8-15-14(18)7-6-11-10-16-12-4-2-3-5-13(12)17-11/h2-7,10H,8-9H2,1H3,(H,15,18)/b7-6+. The third kappa shape index (κ3) is 3.86. The highest BCUT2D eigenvalue weighted by atomic mass is 16.5. The number of carbonyl (C=O) groups is 1. The van der Waals surface area contributed by atoms with E-state index in [1.54, 1.807) is 19.4 Å². The molecule has 0 fully saturated rings. The van der Waals surface area contributed by atoms with E-state index in [1.165, 1.54) is 6.08 Å². The van der Waals surface area contributed by atoms with Crippen molar-refractivity contribution in [1.29, 1.82) is 0 Å². The van der Waals surface area contributed by atoms with Crippen LogP contribution in [-0.4, -0.2) is 36.1 Å². The summed E-state index contributed by atoms with van der Waals surface area (Å²) in [6, 6.07) is 7.60. The molecular weight excluding hydrogens is 242 g/mol. The lowest BCUT2D eigenvalue weighted by atomic mass is 10.3. The lowest BCUT2D eigenvalue weighted by molar-refractivity contribution is -0.116. The summed E-state index contributed by atoms with van der Waals surface area (Å²) >= 11 is 0. The number of fused-ring (bicyclic) bond motifs is 1. The van der Waals surface area contributed by atoms with E-state index in [0.29, 0.717) is 18.8 Å². The molecule has 2 aromatic rings. The van der Waals surface area contributed by atoms with Gasteiger partial charge in [0.25, 0.3) is 0 Å². The Balaban J connectivity index is 2.02. The van der Waals surface area contributed by atoms with Crippen molar-refractivity contribution in [2.24, 2.45) is 0 Å². The molecule has 2 rings (SSSR count). The van der Waals surface area contributed by atoms with Crippen molar-refractivity contribution in [3.05, 3.63) is 42.2 Å². The number of ether oxygens (including phenoxy) is 1. The Labute approximate surface area is 111 Å². The van der Waals surface area contributed by atoms with Crippen LogP contribution >= 0.6 is 0 Å². The number of aromatic nitrogens is 2. The van der Waals surface area contributed by atoms with Crippen molar-refractivity contribution < 1.29 is 9.53 Å². The van der Waals surface area contributed by atoms with Gasteiger partial charge in [0.15, 0.2) is 0 Å². The number of hydrogen-bond acceptors (Lipinski definition) is 4.